The monoisotopic (exact) mass is 319 g/mol. The highest BCUT2D eigenvalue weighted by Crippen LogP contribution is 2.28. The van der Waals surface area contributed by atoms with Gasteiger partial charge in [0.25, 0.3) is 5.69 Å². The molecule has 2 aromatic rings. The molecule has 6 nitrogen and oxygen atoms in total. The van der Waals surface area contributed by atoms with Gasteiger partial charge in [0, 0.05) is 18.1 Å². The number of nitro benzene ring substituents is 1. The highest BCUT2D eigenvalue weighted by atomic mass is 19.1. The minimum Gasteiger partial charge on any atom is -0.436 e. The van der Waals surface area contributed by atoms with Crippen LogP contribution in [0, 0.1) is 15.9 Å². The molecule has 122 valence electrons. The number of benzene rings is 1. The third-order valence-corrected chi connectivity index (χ3v) is 3.19. The van der Waals surface area contributed by atoms with Gasteiger partial charge in [0.2, 0.25) is 5.88 Å². The Morgan fingerprint density at radius 3 is 2.35 bits per heavy atom. The molecule has 0 radical (unpaired) electrons. The molecule has 0 aliphatic heterocycles. The summed E-state index contributed by atoms with van der Waals surface area (Å²) in [5.41, 5.74) is 0.462. The maximum absolute atomic E-state index is 13.9. The first kappa shape index (κ1) is 16.8. The molecule has 0 bridgehead atoms. The molecule has 0 aliphatic rings. The zero-order valence-corrected chi connectivity index (χ0v) is 13.4. The largest absolute Gasteiger partial charge is 0.436 e. The Morgan fingerprint density at radius 1 is 1.13 bits per heavy atom. The minimum atomic E-state index is -0.810. The lowest BCUT2D eigenvalue weighted by atomic mass is 10.1. The molecule has 7 heteroatoms. The Balaban J connectivity index is 2.37. The van der Waals surface area contributed by atoms with Crippen LogP contribution < -0.4 is 4.74 Å². The summed E-state index contributed by atoms with van der Waals surface area (Å²) in [6.07, 6.45) is 0. The van der Waals surface area contributed by atoms with Crippen molar-refractivity contribution in [3.8, 4) is 11.6 Å². The number of hydrogen-bond acceptors (Lipinski definition) is 5. The molecule has 0 saturated carbocycles. The standard InChI is InChI=1S/C16H18FN3O3/c1-9(2)13-8-15(19-16(18-13)10(3)4)23-14-6-5-11(20(21)22)7-12(14)17/h5-10H,1-4H3. The molecule has 0 atom stereocenters. The van der Waals surface area contributed by atoms with E-state index in [1.807, 2.05) is 27.7 Å². The van der Waals surface area contributed by atoms with Gasteiger partial charge in [0.1, 0.15) is 5.82 Å². The van der Waals surface area contributed by atoms with E-state index in [4.69, 9.17) is 4.74 Å². The number of nitrogens with zero attached hydrogens (tertiary/aromatic N) is 3. The van der Waals surface area contributed by atoms with Crippen LogP contribution in [0.1, 0.15) is 51.0 Å². The van der Waals surface area contributed by atoms with Crippen LogP contribution in [0.4, 0.5) is 10.1 Å². The lowest BCUT2D eigenvalue weighted by Crippen LogP contribution is -2.05. The van der Waals surface area contributed by atoms with Crippen molar-refractivity contribution in [2.45, 2.75) is 39.5 Å². The van der Waals surface area contributed by atoms with Gasteiger partial charge in [0.15, 0.2) is 11.6 Å². The molecular weight excluding hydrogens is 301 g/mol. The lowest BCUT2D eigenvalue weighted by Gasteiger charge is -2.13. The molecule has 1 aromatic carbocycles. The van der Waals surface area contributed by atoms with Gasteiger partial charge in [-0.05, 0) is 12.0 Å². The summed E-state index contributed by atoms with van der Waals surface area (Å²) in [7, 11) is 0. The molecular formula is C16H18FN3O3. The lowest BCUT2D eigenvalue weighted by molar-refractivity contribution is -0.385. The first-order chi connectivity index (χ1) is 10.8. The van der Waals surface area contributed by atoms with Crippen LogP contribution in [0.25, 0.3) is 0 Å². The summed E-state index contributed by atoms with van der Waals surface area (Å²) in [5.74, 6) is 0.166. The first-order valence-electron chi connectivity index (χ1n) is 7.28. The summed E-state index contributed by atoms with van der Waals surface area (Å²) in [4.78, 5) is 18.7. The van der Waals surface area contributed by atoms with Gasteiger partial charge >= 0.3 is 0 Å². The van der Waals surface area contributed by atoms with Gasteiger partial charge in [-0.1, -0.05) is 27.7 Å². The van der Waals surface area contributed by atoms with E-state index in [1.165, 1.54) is 12.1 Å². The summed E-state index contributed by atoms with van der Waals surface area (Å²) in [6.45, 7) is 7.89. The van der Waals surface area contributed by atoms with E-state index in [1.54, 1.807) is 6.07 Å². The Bertz CT molecular complexity index is 706. The van der Waals surface area contributed by atoms with Crippen LogP contribution >= 0.6 is 0 Å². The zero-order valence-electron chi connectivity index (χ0n) is 13.4. The Kier molecular flexibility index (Phi) is 4.88. The van der Waals surface area contributed by atoms with Crippen LogP contribution in [0.5, 0.6) is 11.6 Å². The molecule has 1 aromatic heterocycles. The third kappa shape index (κ3) is 4.00. The van der Waals surface area contributed by atoms with Crippen molar-refractivity contribution in [3.05, 3.63) is 51.7 Å². The van der Waals surface area contributed by atoms with Crippen LogP contribution in [-0.4, -0.2) is 14.9 Å². The van der Waals surface area contributed by atoms with Crippen molar-refractivity contribution >= 4 is 5.69 Å². The zero-order chi connectivity index (χ0) is 17.1. The Labute approximate surface area is 133 Å². The summed E-state index contributed by atoms with van der Waals surface area (Å²) < 4.78 is 19.4. The molecule has 2 rings (SSSR count). The molecule has 23 heavy (non-hydrogen) atoms. The number of non-ortho nitro benzene ring substituents is 1. The molecule has 0 aliphatic carbocycles. The number of ether oxygens (including phenoxy) is 1. The minimum absolute atomic E-state index is 0.0951. The Morgan fingerprint density at radius 2 is 1.83 bits per heavy atom. The van der Waals surface area contributed by atoms with Gasteiger partial charge in [-0.25, -0.2) is 9.37 Å². The van der Waals surface area contributed by atoms with E-state index in [2.05, 4.69) is 9.97 Å². The third-order valence-electron chi connectivity index (χ3n) is 3.19. The number of nitro groups is 1. The average Bonchev–Trinajstić information content (AvgIpc) is 2.48. The quantitative estimate of drug-likeness (QED) is 0.596. The highest BCUT2D eigenvalue weighted by Gasteiger charge is 2.15. The molecule has 0 saturated heterocycles. The molecule has 0 N–H and O–H groups in total. The summed E-state index contributed by atoms with van der Waals surface area (Å²) >= 11 is 0. The summed E-state index contributed by atoms with van der Waals surface area (Å²) in [6, 6.07) is 4.88. The Hall–Kier alpha value is -2.57. The molecule has 0 spiro atoms. The second-order valence-electron chi connectivity index (χ2n) is 5.77. The van der Waals surface area contributed by atoms with E-state index < -0.39 is 10.7 Å². The normalized spacial score (nSPS) is 11.1. The number of aromatic nitrogens is 2. The van der Waals surface area contributed by atoms with Gasteiger partial charge in [0.05, 0.1) is 16.7 Å². The van der Waals surface area contributed by atoms with Crippen LogP contribution in [-0.2, 0) is 0 Å². The van der Waals surface area contributed by atoms with E-state index in [0.29, 0.717) is 5.82 Å². The molecule has 0 amide bonds. The maximum Gasteiger partial charge on any atom is 0.272 e. The van der Waals surface area contributed by atoms with E-state index in [0.717, 1.165) is 11.8 Å². The van der Waals surface area contributed by atoms with Crippen LogP contribution in [0.2, 0.25) is 0 Å². The van der Waals surface area contributed by atoms with Gasteiger partial charge < -0.3 is 4.74 Å². The van der Waals surface area contributed by atoms with E-state index in [9.17, 15) is 14.5 Å². The van der Waals surface area contributed by atoms with Crippen molar-refractivity contribution in [2.75, 3.05) is 0 Å². The SMILES string of the molecule is CC(C)c1cc(Oc2ccc([N+](=O)[O-])cc2F)nc(C(C)C)n1. The first-order valence-corrected chi connectivity index (χ1v) is 7.28. The average molecular weight is 319 g/mol. The second-order valence-corrected chi connectivity index (χ2v) is 5.77. The van der Waals surface area contributed by atoms with Crippen molar-refractivity contribution in [2.24, 2.45) is 0 Å². The van der Waals surface area contributed by atoms with Crippen molar-refractivity contribution < 1.29 is 14.1 Å². The van der Waals surface area contributed by atoms with Crippen molar-refractivity contribution in [3.63, 3.8) is 0 Å². The van der Waals surface area contributed by atoms with Crippen LogP contribution in [0.15, 0.2) is 24.3 Å². The van der Waals surface area contributed by atoms with E-state index >= 15 is 0 Å². The predicted octanol–water partition coefficient (Wildman–Crippen LogP) is 4.56. The van der Waals surface area contributed by atoms with Crippen molar-refractivity contribution in [1.29, 1.82) is 0 Å². The number of halogens is 1. The second kappa shape index (κ2) is 6.68. The number of hydrogen-bond donors (Lipinski definition) is 0. The van der Waals surface area contributed by atoms with Gasteiger partial charge in [-0.3, -0.25) is 10.1 Å². The molecule has 0 fully saturated rings. The smallest absolute Gasteiger partial charge is 0.272 e. The van der Waals surface area contributed by atoms with Crippen LogP contribution in [0.3, 0.4) is 0 Å². The van der Waals surface area contributed by atoms with Gasteiger partial charge in [-0.15, -0.1) is 0 Å². The van der Waals surface area contributed by atoms with E-state index in [-0.39, 0.29) is 29.2 Å². The molecule has 0 unspecified atom stereocenters. The fourth-order valence-electron chi connectivity index (χ4n) is 1.87. The fraction of sp³-hybridized carbons (Fsp3) is 0.375. The van der Waals surface area contributed by atoms with Gasteiger partial charge in [-0.2, -0.15) is 4.98 Å². The highest BCUT2D eigenvalue weighted by molar-refractivity contribution is 5.39. The maximum atomic E-state index is 13.9. The van der Waals surface area contributed by atoms with Crippen molar-refractivity contribution in [1.82, 2.24) is 9.97 Å². The molecule has 1 heterocycles. The fourth-order valence-corrected chi connectivity index (χ4v) is 1.87. The topological polar surface area (TPSA) is 78.2 Å². The predicted molar refractivity (Wildman–Crippen MR) is 83.3 cm³/mol. The number of rotatable bonds is 5. The summed E-state index contributed by atoms with van der Waals surface area (Å²) in [5, 5.41) is 10.6.